The minimum absolute atomic E-state index is 0.0670. The lowest BCUT2D eigenvalue weighted by molar-refractivity contribution is 0.102. The standard InChI is InChI=1S/C14H15FN4O/c1-3-16-13-12(15)10(5-7-18-13)14(20)19-11-8-9(2)4-6-17-11/h4-8H,3H2,1-2H3,(H,16,18)(H,17,19,20). The second-order valence-electron chi connectivity index (χ2n) is 4.22. The largest absolute Gasteiger partial charge is 0.368 e. The SMILES string of the molecule is CCNc1nccc(C(=O)Nc2cc(C)ccn2)c1F. The van der Waals surface area contributed by atoms with Crippen LogP contribution in [0.2, 0.25) is 0 Å². The van der Waals surface area contributed by atoms with Crippen molar-refractivity contribution in [2.75, 3.05) is 17.2 Å². The van der Waals surface area contributed by atoms with Gasteiger partial charge in [0.1, 0.15) is 5.82 Å². The fourth-order valence-electron chi connectivity index (χ4n) is 1.70. The molecule has 0 saturated carbocycles. The van der Waals surface area contributed by atoms with E-state index in [1.54, 1.807) is 12.3 Å². The first kappa shape index (κ1) is 13.9. The normalized spacial score (nSPS) is 10.2. The molecule has 0 saturated heterocycles. The zero-order valence-electron chi connectivity index (χ0n) is 11.3. The summed E-state index contributed by atoms with van der Waals surface area (Å²) < 4.78 is 14.1. The number of hydrogen-bond acceptors (Lipinski definition) is 4. The van der Waals surface area contributed by atoms with E-state index in [1.807, 2.05) is 19.9 Å². The van der Waals surface area contributed by atoms with Crippen LogP contribution in [0.5, 0.6) is 0 Å². The van der Waals surface area contributed by atoms with Crippen molar-refractivity contribution < 1.29 is 9.18 Å². The van der Waals surface area contributed by atoms with Gasteiger partial charge in [-0.15, -0.1) is 0 Å². The third-order valence-electron chi connectivity index (χ3n) is 2.64. The highest BCUT2D eigenvalue weighted by atomic mass is 19.1. The van der Waals surface area contributed by atoms with Crippen LogP contribution in [0, 0.1) is 12.7 Å². The number of nitrogens with zero attached hydrogens (tertiary/aromatic N) is 2. The van der Waals surface area contributed by atoms with E-state index in [1.165, 1.54) is 12.3 Å². The van der Waals surface area contributed by atoms with Crippen molar-refractivity contribution in [2.24, 2.45) is 0 Å². The minimum atomic E-state index is -0.667. The van der Waals surface area contributed by atoms with Gasteiger partial charge in [-0.1, -0.05) is 0 Å². The summed E-state index contributed by atoms with van der Waals surface area (Å²) >= 11 is 0. The molecule has 104 valence electrons. The Labute approximate surface area is 116 Å². The third kappa shape index (κ3) is 3.09. The molecule has 0 fully saturated rings. The molecule has 2 heterocycles. The van der Waals surface area contributed by atoms with Crippen molar-refractivity contribution >= 4 is 17.5 Å². The zero-order chi connectivity index (χ0) is 14.5. The van der Waals surface area contributed by atoms with Crippen LogP contribution in [0.1, 0.15) is 22.8 Å². The maximum absolute atomic E-state index is 14.1. The molecular formula is C14H15FN4O. The van der Waals surface area contributed by atoms with Crippen LogP contribution in [0.4, 0.5) is 16.0 Å². The first-order valence-electron chi connectivity index (χ1n) is 6.24. The smallest absolute Gasteiger partial charge is 0.259 e. The predicted octanol–water partition coefficient (Wildman–Crippen LogP) is 2.61. The number of hydrogen-bond donors (Lipinski definition) is 2. The van der Waals surface area contributed by atoms with E-state index in [0.717, 1.165) is 5.56 Å². The van der Waals surface area contributed by atoms with Crippen LogP contribution in [0.15, 0.2) is 30.6 Å². The molecule has 20 heavy (non-hydrogen) atoms. The van der Waals surface area contributed by atoms with Gasteiger partial charge in [0.25, 0.3) is 5.91 Å². The quantitative estimate of drug-likeness (QED) is 0.899. The van der Waals surface area contributed by atoms with E-state index in [0.29, 0.717) is 12.4 Å². The van der Waals surface area contributed by atoms with Gasteiger partial charge in [0.2, 0.25) is 0 Å². The lowest BCUT2D eigenvalue weighted by atomic mass is 10.2. The number of carbonyl (C=O) groups is 1. The molecule has 0 aliphatic carbocycles. The van der Waals surface area contributed by atoms with E-state index in [9.17, 15) is 9.18 Å². The average Bonchev–Trinajstić information content (AvgIpc) is 2.41. The van der Waals surface area contributed by atoms with Gasteiger partial charge in [-0.25, -0.2) is 14.4 Å². The predicted molar refractivity (Wildman–Crippen MR) is 75.3 cm³/mol. The van der Waals surface area contributed by atoms with E-state index in [4.69, 9.17) is 0 Å². The van der Waals surface area contributed by atoms with Crippen molar-refractivity contribution in [3.8, 4) is 0 Å². The van der Waals surface area contributed by atoms with Crippen molar-refractivity contribution in [3.63, 3.8) is 0 Å². The first-order valence-corrected chi connectivity index (χ1v) is 6.24. The first-order chi connectivity index (χ1) is 9.61. The van der Waals surface area contributed by atoms with Gasteiger partial charge in [-0.3, -0.25) is 4.79 Å². The van der Waals surface area contributed by atoms with Crippen LogP contribution >= 0.6 is 0 Å². The van der Waals surface area contributed by atoms with Crippen molar-refractivity contribution in [1.29, 1.82) is 0 Å². The Kier molecular flexibility index (Phi) is 4.24. The third-order valence-corrected chi connectivity index (χ3v) is 2.64. The molecule has 0 bridgehead atoms. The molecule has 2 aromatic heterocycles. The fraction of sp³-hybridized carbons (Fsp3) is 0.214. The fourth-order valence-corrected chi connectivity index (χ4v) is 1.70. The summed E-state index contributed by atoms with van der Waals surface area (Å²) in [6, 6.07) is 4.86. The monoisotopic (exact) mass is 274 g/mol. The molecule has 0 aromatic carbocycles. The molecular weight excluding hydrogens is 259 g/mol. The number of aromatic nitrogens is 2. The number of halogens is 1. The molecule has 0 unspecified atom stereocenters. The van der Waals surface area contributed by atoms with Crippen molar-refractivity contribution in [3.05, 3.63) is 47.5 Å². The molecule has 0 atom stereocenters. The molecule has 6 heteroatoms. The number of rotatable bonds is 4. The van der Waals surface area contributed by atoms with Crippen LogP contribution in [0.25, 0.3) is 0 Å². The highest BCUT2D eigenvalue weighted by Gasteiger charge is 2.16. The summed E-state index contributed by atoms with van der Waals surface area (Å²) in [5, 5.41) is 5.33. The number of pyridine rings is 2. The molecule has 0 aliphatic heterocycles. The van der Waals surface area contributed by atoms with Gasteiger partial charge in [-0.05, 0) is 37.6 Å². The van der Waals surface area contributed by atoms with E-state index >= 15 is 0 Å². The molecule has 5 nitrogen and oxygen atoms in total. The van der Waals surface area contributed by atoms with Gasteiger partial charge in [0, 0.05) is 18.9 Å². The average molecular weight is 274 g/mol. The zero-order valence-corrected chi connectivity index (χ0v) is 11.3. The Hall–Kier alpha value is -2.50. The topological polar surface area (TPSA) is 66.9 Å². The number of carbonyl (C=O) groups excluding carboxylic acids is 1. The summed E-state index contributed by atoms with van der Waals surface area (Å²) in [4.78, 5) is 19.9. The molecule has 1 amide bonds. The molecule has 0 aliphatic rings. The summed E-state index contributed by atoms with van der Waals surface area (Å²) in [6.45, 7) is 4.23. The van der Waals surface area contributed by atoms with E-state index in [2.05, 4.69) is 20.6 Å². The molecule has 0 spiro atoms. The van der Waals surface area contributed by atoms with E-state index in [-0.39, 0.29) is 11.4 Å². The second-order valence-corrected chi connectivity index (χ2v) is 4.22. The maximum Gasteiger partial charge on any atom is 0.259 e. The number of amides is 1. The minimum Gasteiger partial charge on any atom is -0.368 e. The summed E-state index contributed by atoms with van der Waals surface area (Å²) in [5.41, 5.74) is 0.887. The molecule has 2 N–H and O–H groups in total. The van der Waals surface area contributed by atoms with Gasteiger partial charge < -0.3 is 10.6 Å². The highest BCUT2D eigenvalue weighted by molar-refractivity contribution is 6.04. The highest BCUT2D eigenvalue weighted by Crippen LogP contribution is 2.16. The Morgan fingerprint density at radius 3 is 2.75 bits per heavy atom. The lowest BCUT2D eigenvalue weighted by Crippen LogP contribution is -2.16. The molecule has 2 aromatic rings. The number of aryl methyl sites for hydroxylation is 1. The van der Waals surface area contributed by atoms with Crippen LogP contribution in [-0.2, 0) is 0 Å². The maximum atomic E-state index is 14.1. The Morgan fingerprint density at radius 1 is 1.30 bits per heavy atom. The van der Waals surface area contributed by atoms with Crippen LogP contribution in [-0.4, -0.2) is 22.4 Å². The van der Waals surface area contributed by atoms with Crippen molar-refractivity contribution in [2.45, 2.75) is 13.8 Å². The van der Waals surface area contributed by atoms with Crippen LogP contribution in [0.3, 0.4) is 0 Å². The van der Waals surface area contributed by atoms with Gasteiger partial charge in [0.15, 0.2) is 11.6 Å². The Morgan fingerprint density at radius 2 is 2.05 bits per heavy atom. The number of anilines is 2. The molecule has 0 radical (unpaired) electrons. The van der Waals surface area contributed by atoms with Gasteiger partial charge >= 0.3 is 0 Å². The summed E-state index contributed by atoms with van der Waals surface area (Å²) in [6.07, 6.45) is 2.97. The second kappa shape index (κ2) is 6.10. The number of nitrogens with one attached hydrogen (secondary N) is 2. The van der Waals surface area contributed by atoms with Gasteiger partial charge in [-0.2, -0.15) is 0 Å². The van der Waals surface area contributed by atoms with Crippen molar-refractivity contribution in [1.82, 2.24) is 9.97 Å². The Balaban J connectivity index is 2.23. The summed E-state index contributed by atoms with van der Waals surface area (Å²) in [7, 11) is 0. The van der Waals surface area contributed by atoms with Crippen LogP contribution < -0.4 is 10.6 Å². The molecule has 2 rings (SSSR count). The summed E-state index contributed by atoms with van der Waals surface area (Å²) in [5.74, 6) is -0.768. The lowest BCUT2D eigenvalue weighted by Gasteiger charge is -2.09. The van der Waals surface area contributed by atoms with E-state index < -0.39 is 11.7 Å². The Bertz CT molecular complexity index is 630. The van der Waals surface area contributed by atoms with Gasteiger partial charge in [0.05, 0.1) is 5.56 Å².